The van der Waals surface area contributed by atoms with E-state index in [1.807, 2.05) is 0 Å². The van der Waals surface area contributed by atoms with Crippen molar-refractivity contribution in [1.29, 1.82) is 0 Å². The van der Waals surface area contributed by atoms with Crippen LogP contribution in [0.1, 0.15) is 19.3 Å². The van der Waals surface area contributed by atoms with E-state index in [4.69, 9.17) is 0 Å². The standard InChI is InChI=1S/C11H20N2O5S/c1-12(6-5-10(14)18-2)19(16,17)13-7-11(15,8-13)9-3-4-9/h9,15H,3-8H2,1-2H3. The molecule has 0 amide bonds. The van der Waals surface area contributed by atoms with Crippen molar-refractivity contribution in [1.82, 2.24) is 8.61 Å². The molecule has 0 aromatic rings. The highest BCUT2D eigenvalue weighted by Crippen LogP contribution is 2.45. The summed E-state index contributed by atoms with van der Waals surface area (Å²) in [5.41, 5.74) is -0.837. The van der Waals surface area contributed by atoms with Gasteiger partial charge in [0.15, 0.2) is 0 Å². The number of β-amino-alcohol motifs (C(OH)–C–C–N with tert-alkyl or cyclic N) is 1. The van der Waals surface area contributed by atoms with E-state index in [0.29, 0.717) is 0 Å². The van der Waals surface area contributed by atoms with Crippen LogP contribution in [0.15, 0.2) is 0 Å². The average Bonchev–Trinajstić information content (AvgIpc) is 3.15. The fourth-order valence-corrected chi connectivity index (χ4v) is 3.76. The van der Waals surface area contributed by atoms with Crippen LogP contribution < -0.4 is 0 Å². The second kappa shape index (κ2) is 5.01. The van der Waals surface area contributed by atoms with Gasteiger partial charge in [-0.1, -0.05) is 0 Å². The minimum Gasteiger partial charge on any atom is -0.469 e. The van der Waals surface area contributed by atoms with Crippen LogP contribution in [0.2, 0.25) is 0 Å². The number of methoxy groups -OCH3 is 1. The Labute approximate surface area is 113 Å². The highest BCUT2D eigenvalue weighted by molar-refractivity contribution is 7.86. The van der Waals surface area contributed by atoms with Gasteiger partial charge in [0.25, 0.3) is 10.2 Å². The topological polar surface area (TPSA) is 87.2 Å². The normalized spacial score (nSPS) is 23.2. The highest BCUT2D eigenvalue weighted by atomic mass is 32.2. The Morgan fingerprint density at radius 1 is 1.47 bits per heavy atom. The minimum absolute atomic E-state index is 0.0208. The number of hydrogen-bond acceptors (Lipinski definition) is 5. The molecule has 110 valence electrons. The summed E-state index contributed by atoms with van der Waals surface area (Å²) in [4.78, 5) is 11.0. The molecule has 7 nitrogen and oxygen atoms in total. The molecule has 2 rings (SSSR count). The maximum atomic E-state index is 12.1. The summed E-state index contributed by atoms with van der Waals surface area (Å²) in [6.45, 7) is 0.387. The molecule has 0 bridgehead atoms. The van der Waals surface area contributed by atoms with Crippen molar-refractivity contribution in [2.75, 3.05) is 33.8 Å². The molecule has 0 unspecified atom stereocenters. The minimum atomic E-state index is -3.58. The Morgan fingerprint density at radius 2 is 2.05 bits per heavy atom. The molecule has 0 aromatic heterocycles. The van der Waals surface area contributed by atoms with Gasteiger partial charge < -0.3 is 9.84 Å². The first-order chi connectivity index (χ1) is 8.79. The molecule has 1 saturated carbocycles. The Hall–Kier alpha value is -0.700. The van der Waals surface area contributed by atoms with Gasteiger partial charge in [-0.05, 0) is 18.8 Å². The van der Waals surface area contributed by atoms with Crippen molar-refractivity contribution >= 4 is 16.2 Å². The maximum absolute atomic E-state index is 12.1. The van der Waals surface area contributed by atoms with E-state index in [0.717, 1.165) is 17.1 Å². The number of hydrogen-bond donors (Lipinski definition) is 1. The number of rotatable bonds is 6. The monoisotopic (exact) mass is 292 g/mol. The summed E-state index contributed by atoms with van der Waals surface area (Å²) in [7, 11) is -0.895. The molecule has 8 heteroatoms. The van der Waals surface area contributed by atoms with Gasteiger partial charge in [-0.25, -0.2) is 0 Å². The number of nitrogens with zero attached hydrogens (tertiary/aromatic N) is 2. The molecule has 0 atom stereocenters. The van der Waals surface area contributed by atoms with E-state index in [1.54, 1.807) is 0 Å². The smallest absolute Gasteiger partial charge is 0.306 e. The van der Waals surface area contributed by atoms with Gasteiger partial charge in [0.2, 0.25) is 0 Å². The predicted octanol–water partition coefficient (Wildman–Crippen LogP) is -0.817. The van der Waals surface area contributed by atoms with Crippen molar-refractivity contribution in [2.45, 2.75) is 24.9 Å². The molecule has 2 aliphatic rings. The number of esters is 1. The molecule has 0 spiro atoms. The van der Waals surface area contributed by atoms with Crippen LogP contribution in [-0.4, -0.2) is 67.5 Å². The summed E-state index contributed by atoms with van der Waals surface area (Å²) in [5.74, 6) is -0.195. The Bertz CT molecular complexity index is 454. The van der Waals surface area contributed by atoms with Crippen LogP contribution in [0.4, 0.5) is 0 Å². The second-order valence-electron chi connectivity index (χ2n) is 5.30. The van der Waals surface area contributed by atoms with E-state index in [-0.39, 0.29) is 32.0 Å². The second-order valence-corrected chi connectivity index (χ2v) is 7.34. The van der Waals surface area contributed by atoms with Crippen molar-refractivity contribution in [3.05, 3.63) is 0 Å². The van der Waals surface area contributed by atoms with Gasteiger partial charge in [-0.2, -0.15) is 17.0 Å². The van der Waals surface area contributed by atoms with Crippen LogP contribution in [0.3, 0.4) is 0 Å². The SMILES string of the molecule is COC(=O)CCN(C)S(=O)(=O)N1CC(O)(C2CC2)C1. The third-order valence-electron chi connectivity index (χ3n) is 3.82. The third kappa shape index (κ3) is 2.91. The van der Waals surface area contributed by atoms with Crippen molar-refractivity contribution in [3.63, 3.8) is 0 Å². The summed E-state index contributed by atoms with van der Waals surface area (Å²) in [6.07, 6.45) is 1.97. The first-order valence-corrected chi connectivity index (χ1v) is 7.70. The molecule has 19 heavy (non-hydrogen) atoms. The molecule has 1 aliphatic heterocycles. The average molecular weight is 292 g/mol. The predicted molar refractivity (Wildman–Crippen MR) is 67.4 cm³/mol. The zero-order valence-corrected chi connectivity index (χ0v) is 12.0. The van der Waals surface area contributed by atoms with Crippen molar-refractivity contribution in [2.24, 2.45) is 5.92 Å². The number of aliphatic hydroxyl groups is 1. The van der Waals surface area contributed by atoms with E-state index >= 15 is 0 Å². The van der Waals surface area contributed by atoms with Crippen molar-refractivity contribution < 1.29 is 23.1 Å². The first kappa shape index (κ1) is 14.7. The largest absolute Gasteiger partial charge is 0.469 e. The van der Waals surface area contributed by atoms with Gasteiger partial charge in [0.1, 0.15) is 0 Å². The van der Waals surface area contributed by atoms with Gasteiger partial charge in [0.05, 0.1) is 19.1 Å². The lowest BCUT2D eigenvalue weighted by Gasteiger charge is -2.46. The number of carbonyl (C=O) groups is 1. The van der Waals surface area contributed by atoms with Crippen LogP contribution in [-0.2, 0) is 19.7 Å². The molecular formula is C11H20N2O5S. The zero-order valence-electron chi connectivity index (χ0n) is 11.2. The Kier molecular flexibility index (Phi) is 3.87. The molecule has 1 heterocycles. The first-order valence-electron chi connectivity index (χ1n) is 6.30. The lowest BCUT2D eigenvalue weighted by Crippen LogP contribution is -2.66. The van der Waals surface area contributed by atoms with E-state index < -0.39 is 21.8 Å². The van der Waals surface area contributed by atoms with Crippen LogP contribution in [0.5, 0.6) is 0 Å². The van der Waals surface area contributed by atoms with E-state index in [9.17, 15) is 18.3 Å². The highest BCUT2D eigenvalue weighted by Gasteiger charge is 2.55. The molecule has 1 N–H and O–H groups in total. The van der Waals surface area contributed by atoms with Crippen LogP contribution in [0, 0.1) is 5.92 Å². The Morgan fingerprint density at radius 3 is 2.53 bits per heavy atom. The quantitative estimate of drug-likeness (QED) is 0.647. The fourth-order valence-electron chi connectivity index (χ4n) is 2.27. The van der Waals surface area contributed by atoms with E-state index in [1.165, 1.54) is 18.5 Å². The van der Waals surface area contributed by atoms with Gasteiger partial charge in [-0.15, -0.1) is 0 Å². The summed E-state index contributed by atoms with van der Waals surface area (Å²) >= 11 is 0. The molecular weight excluding hydrogens is 272 g/mol. The van der Waals surface area contributed by atoms with Crippen molar-refractivity contribution in [3.8, 4) is 0 Å². The molecule has 2 fully saturated rings. The van der Waals surface area contributed by atoms with Gasteiger partial charge >= 0.3 is 5.97 Å². The van der Waals surface area contributed by atoms with Gasteiger partial charge in [0, 0.05) is 26.7 Å². The number of carbonyl (C=O) groups excluding carboxylic acids is 1. The zero-order chi connectivity index (χ0) is 14.3. The fraction of sp³-hybridized carbons (Fsp3) is 0.909. The molecule has 1 saturated heterocycles. The van der Waals surface area contributed by atoms with Crippen LogP contribution in [0.25, 0.3) is 0 Å². The molecule has 0 radical (unpaired) electrons. The number of ether oxygens (including phenoxy) is 1. The lowest BCUT2D eigenvalue weighted by molar-refractivity contribution is -0.140. The Balaban J connectivity index is 1.86. The van der Waals surface area contributed by atoms with Crippen LogP contribution >= 0.6 is 0 Å². The maximum Gasteiger partial charge on any atom is 0.306 e. The summed E-state index contributed by atoms with van der Waals surface area (Å²) in [6, 6.07) is 0. The lowest BCUT2D eigenvalue weighted by atomic mass is 9.91. The molecule has 1 aliphatic carbocycles. The summed E-state index contributed by atoms with van der Waals surface area (Å²) < 4.78 is 31.1. The molecule has 0 aromatic carbocycles. The van der Waals surface area contributed by atoms with E-state index in [2.05, 4.69) is 4.74 Å². The van der Waals surface area contributed by atoms with Gasteiger partial charge in [-0.3, -0.25) is 4.79 Å². The summed E-state index contributed by atoms with van der Waals surface area (Å²) in [5, 5.41) is 10.1. The third-order valence-corrected chi connectivity index (χ3v) is 5.70.